The van der Waals surface area contributed by atoms with Gasteiger partial charge in [-0.3, -0.25) is 0 Å². The first-order chi connectivity index (χ1) is 8.36. The number of allylic oxidation sites excluding steroid dienone is 2. The van der Waals surface area contributed by atoms with Crippen molar-refractivity contribution in [1.82, 2.24) is 0 Å². The zero-order valence-electron chi connectivity index (χ0n) is 10.8. The normalized spacial score (nSPS) is 9.83. The van der Waals surface area contributed by atoms with Gasteiger partial charge in [-0.25, -0.2) is 9.59 Å². The summed E-state index contributed by atoms with van der Waals surface area (Å²) >= 11 is 0. The Labute approximate surface area is 107 Å². The summed E-state index contributed by atoms with van der Waals surface area (Å²) < 4.78 is 4.46. The van der Waals surface area contributed by atoms with Gasteiger partial charge in [0, 0.05) is 11.1 Å². The monoisotopic (exact) mass is 256 g/mol. The van der Waals surface area contributed by atoms with E-state index in [1.54, 1.807) is 26.0 Å². The number of ether oxygens (including phenoxy) is 1. The molecule has 0 bridgehead atoms. The predicted molar refractivity (Wildman–Crippen MR) is 69.1 cm³/mol. The summed E-state index contributed by atoms with van der Waals surface area (Å²) in [6.07, 6.45) is 3.90. The average Bonchev–Trinajstić information content (AvgIpc) is 2.33. The van der Waals surface area contributed by atoms with Crippen LogP contribution >= 0.6 is 0 Å². The van der Waals surface area contributed by atoms with Gasteiger partial charge in [-0.2, -0.15) is 0 Å². The van der Waals surface area contributed by atoms with Crippen molar-refractivity contribution in [3.8, 4) is 0 Å². The Hall–Kier alpha value is -1.88. The smallest absolute Gasteiger partial charge is 0.333 e. The maximum Gasteiger partial charge on any atom is 0.333 e. The lowest BCUT2D eigenvalue weighted by Gasteiger charge is -1.99. The summed E-state index contributed by atoms with van der Waals surface area (Å²) in [5.41, 5.74) is 0.721. The van der Waals surface area contributed by atoms with Crippen LogP contribution < -0.4 is 0 Å². The van der Waals surface area contributed by atoms with Gasteiger partial charge in [0.1, 0.15) is 6.61 Å². The molecule has 0 spiro atoms. The molecule has 0 aromatic rings. The van der Waals surface area contributed by atoms with Gasteiger partial charge in [-0.05, 0) is 20.3 Å². The van der Waals surface area contributed by atoms with Gasteiger partial charge in [0.05, 0.1) is 6.61 Å². The Balaban J connectivity index is 0. The maximum atomic E-state index is 10.5. The fraction of sp³-hybridized carbons (Fsp3) is 0.385. The highest BCUT2D eigenvalue weighted by atomic mass is 16.5. The minimum atomic E-state index is -0.864. The molecular weight excluding hydrogens is 236 g/mol. The van der Waals surface area contributed by atoms with Crippen LogP contribution in [0.4, 0.5) is 0 Å². The number of esters is 1. The summed E-state index contributed by atoms with van der Waals surface area (Å²) in [4.78, 5) is 20.6. The van der Waals surface area contributed by atoms with Crippen molar-refractivity contribution < 1.29 is 24.5 Å². The molecular formula is C13H20O5. The molecule has 0 radical (unpaired) electrons. The number of carboxylic acids is 1. The van der Waals surface area contributed by atoms with Crippen LogP contribution in [0.15, 0.2) is 36.5 Å². The van der Waals surface area contributed by atoms with Crippen LogP contribution in [0, 0.1) is 0 Å². The molecule has 0 rings (SSSR count). The molecule has 0 heterocycles. The largest absolute Gasteiger partial charge is 0.478 e. The van der Waals surface area contributed by atoms with E-state index < -0.39 is 11.9 Å². The van der Waals surface area contributed by atoms with E-state index >= 15 is 0 Å². The van der Waals surface area contributed by atoms with Crippen molar-refractivity contribution in [1.29, 1.82) is 0 Å². The lowest BCUT2D eigenvalue weighted by atomic mass is 10.2. The number of rotatable bonds is 6. The first-order valence-corrected chi connectivity index (χ1v) is 5.31. The molecule has 0 aromatic carbocycles. The minimum absolute atomic E-state index is 0.0473. The highest BCUT2D eigenvalue weighted by Gasteiger charge is 1.99. The standard InChI is InChI=1S/C7H10O2.C6H10O3/c1-3-4-5-6(2)7(8)9;1-5(2)6(8)9-4-3-7/h3,5H,1,4H2,2H3,(H,8,9);7H,1,3-4H2,2H3. The van der Waals surface area contributed by atoms with Crippen molar-refractivity contribution in [2.24, 2.45) is 0 Å². The van der Waals surface area contributed by atoms with Crippen LogP contribution in [-0.2, 0) is 14.3 Å². The second kappa shape index (κ2) is 11.6. The second-order valence-corrected chi connectivity index (χ2v) is 3.36. The second-order valence-electron chi connectivity index (χ2n) is 3.36. The van der Waals surface area contributed by atoms with Crippen molar-refractivity contribution >= 4 is 11.9 Å². The van der Waals surface area contributed by atoms with Crippen LogP contribution in [-0.4, -0.2) is 35.4 Å². The Bertz CT molecular complexity index is 328. The van der Waals surface area contributed by atoms with E-state index in [4.69, 9.17) is 10.2 Å². The molecule has 102 valence electrons. The molecule has 0 aliphatic rings. The topological polar surface area (TPSA) is 83.8 Å². The van der Waals surface area contributed by atoms with Crippen LogP contribution in [0.2, 0.25) is 0 Å². The molecule has 5 heteroatoms. The predicted octanol–water partition coefficient (Wildman–Crippen LogP) is 1.69. The molecule has 2 N–H and O–H groups in total. The number of carbonyl (C=O) groups excluding carboxylic acids is 1. The summed E-state index contributed by atoms with van der Waals surface area (Å²) in [6.45, 7) is 9.83. The first-order valence-electron chi connectivity index (χ1n) is 5.31. The van der Waals surface area contributed by atoms with E-state index in [0.717, 1.165) is 0 Å². The number of aliphatic hydroxyl groups excluding tert-OH is 1. The average molecular weight is 256 g/mol. The molecule has 0 saturated heterocycles. The molecule has 0 aliphatic carbocycles. The van der Waals surface area contributed by atoms with E-state index in [9.17, 15) is 9.59 Å². The Kier molecular flexibility index (Phi) is 11.9. The highest BCUT2D eigenvalue weighted by Crippen LogP contribution is 1.94. The van der Waals surface area contributed by atoms with Crippen molar-refractivity contribution in [3.63, 3.8) is 0 Å². The van der Waals surface area contributed by atoms with Gasteiger partial charge in [-0.1, -0.05) is 18.7 Å². The zero-order chi connectivity index (χ0) is 14.6. The number of hydrogen-bond donors (Lipinski definition) is 2. The van der Waals surface area contributed by atoms with Gasteiger partial charge < -0.3 is 14.9 Å². The molecule has 0 aromatic heterocycles. The van der Waals surface area contributed by atoms with Gasteiger partial charge >= 0.3 is 11.9 Å². The minimum Gasteiger partial charge on any atom is -0.478 e. The number of carboxylic acid groups (broad SMARTS) is 1. The van der Waals surface area contributed by atoms with E-state index in [1.807, 2.05) is 0 Å². The Morgan fingerprint density at radius 1 is 1.33 bits per heavy atom. The summed E-state index contributed by atoms with van der Waals surface area (Å²) in [7, 11) is 0. The third kappa shape index (κ3) is 12.2. The molecule has 0 unspecified atom stereocenters. The lowest BCUT2D eigenvalue weighted by molar-refractivity contribution is -0.140. The Morgan fingerprint density at radius 2 is 1.89 bits per heavy atom. The van der Waals surface area contributed by atoms with E-state index in [-0.39, 0.29) is 13.2 Å². The number of aliphatic hydroxyl groups is 1. The van der Waals surface area contributed by atoms with E-state index in [2.05, 4.69) is 17.9 Å². The van der Waals surface area contributed by atoms with Crippen molar-refractivity contribution in [2.45, 2.75) is 20.3 Å². The first kappa shape index (κ1) is 18.5. The van der Waals surface area contributed by atoms with Crippen molar-refractivity contribution in [3.05, 3.63) is 36.5 Å². The zero-order valence-corrected chi connectivity index (χ0v) is 10.8. The quantitative estimate of drug-likeness (QED) is 0.429. The summed E-state index contributed by atoms with van der Waals surface area (Å²) in [5, 5.41) is 16.5. The molecule has 0 amide bonds. The van der Waals surface area contributed by atoms with Gasteiger partial charge in [-0.15, -0.1) is 6.58 Å². The van der Waals surface area contributed by atoms with Crippen LogP contribution in [0.25, 0.3) is 0 Å². The van der Waals surface area contributed by atoms with E-state index in [1.165, 1.54) is 0 Å². The Morgan fingerprint density at radius 3 is 2.22 bits per heavy atom. The fourth-order valence-corrected chi connectivity index (χ4v) is 0.609. The molecule has 18 heavy (non-hydrogen) atoms. The molecule has 5 nitrogen and oxygen atoms in total. The van der Waals surface area contributed by atoms with Gasteiger partial charge in [0.25, 0.3) is 0 Å². The third-order valence-electron chi connectivity index (χ3n) is 1.60. The summed E-state index contributed by atoms with van der Waals surface area (Å²) in [5.74, 6) is -1.32. The SMILES string of the molecule is C=C(C)C(=O)OCCO.C=CCC=C(C)C(=O)O. The molecule has 0 atom stereocenters. The number of carbonyl (C=O) groups is 2. The molecule has 0 fully saturated rings. The van der Waals surface area contributed by atoms with Crippen LogP contribution in [0.1, 0.15) is 20.3 Å². The van der Waals surface area contributed by atoms with Crippen molar-refractivity contribution in [2.75, 3.05) is 13.2 Å². The lowest BCUT2D eigenvalue weighted by Crippen LogP contribution is -2.08. The maximum absolute atomic E-state index is 10.5. The van der Waals surface area contributed by atoms with E-state index in [0.29, 0.717) is 17.6 Å². The van der Waals surface area contributed by atoms with Gasteiger partial charge in [0.2, 0.25) is 0 Å². The fourth-order valence-electron chi connectivity index (χ4n) is 0.609. The van der Waals surface area contributed by atoms with Crippen LogP contribution in [0.3, 0.4) is 0 Å². The highest BCUT2D eigenvalue weighted by molar-refractivity contribution is 5.86. The number of hydrogen-bond acceptors (Lipinski definition) is 4. The number of aliphatic carboxylic acids is 1. The third-order valence-corrected chi connectivity index (χ3v) is 1.60. The van der Waals surface area contributed by atoms with Crippen LogP contribution in [0.5, 0.6) is 0 Å². The molecule has 0 aliphatic heterocycles. The van der Waals surface area contributed by atoms with Gasteiger partial charge in [0.15, 0.2) is 0 Å². The summed E-state index contributed by atoms with van der Waals surface area (Å²) in [6, 6.07) is 0. The molecule has 0 saturated carbocycles.